The van der Waals surface area contributed by atoms with Gasteiger partial charge in [-0.3, -0.25) is 4.79 Å². The van der Waals surface area contributed by atoms with Gasteiger partial charge in [0.05, 0.1) is 29.2 Å². The molecule has 1 aliphatic rings. The zero-order valence-electron chi connectivity index (χ0n) is 17.7. The number of ether oxygens (including phenoxy) is 1. The summed E-state index contributed by atoms with van der Waals surface area (Å²) in [6.45, 7) is 0.773. The predicted octanol–water partition coefficient (Wildman–Crippen LogP) is 2.54. The molecule has 1 amide bonds. The van der Waals surface area contributed by atoms with E-state index >= 15 is 0 Å². The van der Waals surface area contributed by atoms with E-state index in [1.807, 2.05) is 6.07 Å². The number of fused-ring (bicyclic) bond motifs is 1. The molecular weight excluding hydrogens is 428 g/mol. The molecule has 1 aliphatic heterocycles. The molecule has 2 heterocycles. The van der Waals surface area contributed by atoms with Crippen LogP contribution in [-0.2, 0) is 21.4 Å². The van der Waals surface area contributed by atoms with Crippen molar-refractivity contribution in [2.45, 2.75) is 23.9 Å². The molecule has 0 saturated carbocycles. The van der Waals surface area contributed by atoms with Crippen LogP contribution >= 0.6 is 0 Å². The number of likely N-dealkylation sites (N-methyl/N-ethyl adjacent to an activating group) is 1. The molecule has 164 valence electrons. The zero-order valence-corrected chi connectivity index (χ0v) is 18.5. The van der Waals surface area contributed by atoms with E-state index in [0.717, 1.165) is 15.3 Å². The number of rotatable bonds is 6. The minimum atomic E-state index is -3.91. The first-order valence-corrected chi connectivity index (χ1v) is 11.5. The highest BCUT2D eigenvalue weighted by atomic mass is 32.2. The van der Waals surface area contributed by atoms with Gasteiger partial charge in [-0.2, -0.15) is 9.57 Å². The highest BCUT2D eigenvalue weighted by molar-refractivity contribution is 7.89. The Morgan fingerprint density at radius 2 is 2.00 bits per heavy atom. The van der Waals surface area contributed by atoms with Crippen LogP contribution in [0.15, 0.2) is 59.5 Å². The molecule has 0 unspecified atom stereocenters. The second kappa shape index (κ2) is 8.57. The summed E-state index contributed by atoms with van der Waals surface area (Å²) in [5.74, 6) is 0.140. The van der Waals surface area contributed by atoms with Crippen molar-refractivity contribution in [1.29, 1.82) is 5.26 Å². The number of pyridine rings is 1. The number of amides is 1. The lowest BCUT2D eigenvalue weighted by atomic mass is 10.1. The average molecular weight is 451 g/mol. The van der Waals surface area contributed by atoms with Crippen molar-refractivity contribution in [3.8, 4) is 11.9 Å². The summed E-state index contributed by atoms with van der Waals surface area (Å²) in [7, 11) is -0.983. The third-order valence-electron chi connectivity index (χ3n) is 5.66. The SMILES string of the molecule is COc1ccc2ccc(S(=O)(=O)N(C)[C@H]3CCN(Cc4cccc(C#N)c4)C3=O)cc2n1. The van der Waals surface area contributed by atoms with E-state index in [-0.39, 0.29) is 10.8 Å². The van der Waals surface area contributed by atoms with Crippen molar-refractivity contribution in [1.82, 2.24) is 14.2 Å². The van der Waals surface area contributed by atoms with Gasteiger partial charge in [0.15, 0.2) is 0 Å². The number of methoxy groups -OCH3 is 1. The molecule has 4 rings (SSSR count). The van der Waals surface area contributed by atoms with Crippen LogP contribution in [0.1, 0.15) is 17.5 Å². The number of hydrogen-bond donors (Lipinski definition) is 0. The van der Waals surface area contributed by atoms with E-state index in [1.165, 1.54) is 26.3 Å². The van der Waals surface area contributed by atoms with Crippen molar-refractivity contribution < 1.29 is 17.9 Å². The largest absolute Gasteiger partial charge is 0.481 e. The second-order valence-corrected chi connectivity index (χ2v) is 9.60. The summed E-state index contributed by atoms with van der Waals surface area (Å²) in [6.07, 6.45) is 0.395. The Hall–Kier alpha value is -3.48. The second-order valence-electron chi connectivity index (χ2n) is 7.61. The fourth-order valence-corrected chi connectivity index (χ4v) is 5.23. The van der Waals surface area contributed by atoms with Gasteiger partial charge in [-0.15, -0.1) is 0 Å². The first-order valence-electron chi connectivity index (χ1n) is 10.0. The maximum Gasteiger partial charge on any atom is 0.243 e. The highest BCUT2D eigenvalue weighted by Gasteiger charge is 2.39. The van der Waals surface area contributed by atoms with Crippen molar-refractivity contribution >= 4 is 26.8 Å². The first kappa shape index (κ1) is 21.7. The van der Waals surface area contributed by atoms with Gasteiger partial charge in [0.25, 0.3) is 0 Å². The predicted molar refractivity (Wildman–Crippen MR) is 118 cm³/mol. The van der Waals surface area contributed by atoms with Gasteiger partial charge in [0, 0.05) is 31.6 Å². The third kappa shape index (κ3) is 4.02. The third-order valence-corrected chi connectivity index (χ3v) is 7.52. The number of carbonyl (C=O) groups is 1. The Labute approximate surface area is 186 Å². The zero-order chi connectivity index (χ0) is 22.9. The fourth-order valence-electron chi connectivity index (χ4n) is 3.86. The van der Waals surface area contributed by atoms with Crippen LogP contribution in [0, 0.1) is 11.3 Å². The van der Waals surface area contributed by atoms with Crippen LogP contribution in [0.2, 0.25) is 0 Å². The first-order chi connectivity index (χ1) is 15.3. The summed E-state index contributed by atoms with van der Waals surface area (Å²) in [5, 5.41) is 9.85. The molecule has 8 nitrogen and oxygen atoms in total. The Bertz CT molecular complexity index is 1330. The fraction of sp³-hybridized carbons (Fsp3) is 0.261. The van der Waals surface area contributed by atoms with E-state index in [2.05, 4.69) is 11.1 Å². The minimum absolute atomic E-state index is 0.0706. The summed E-state index contributed by atoms with van der Waals surface area (Å²) in [4.78, 5) is 19.0. The van der Waals surface area contributed by atoms with Gasteiger partial charge in [-0.05, 0) is 42.3 Å². The average Bonchev–Trinajstić information content (AvgIpc) is 3.17. The van der Waals surface area contributed by atoms with Crippen LogP contribution in [0.25, 0.3) is 10.9 Å². The Balaban J connectivity index is 1.55. The molecule has 32 heavy (non-hydrogen) atoms. The number of nitriles is 1. The topological polar surface area (TPSA) is 104 Å². The lowest BCUT2D eigenvalue weighted by Gasteiger charge is -2.23. The molecule has 3 aromatic rings. The van der Waals surface area contributed by atoms with Crippen LogP contribution in [0.5, 0.6) is 5.88 Å². The van der Waals surface area contributed by atoms with Gasteiger partial charge in [0.1, 0.15) is 6.04 Å². The molecule has 1 aromatic heterocycles. The Morgan fingerprint density at radius 3 is 2.75 bits per heavy atom. The molecule has 1 fully saturated rings. The molecule has 9 heteroatoms. The molecular formula is C23H22N4O4S. The van der Waals surface area contributed by atoms with Gasteiger partial charge >= 0.3 is 0 Å². The van der Waals surface area contributed by atoms with Crippen LogP contribution in [0.4, 0.5) is 0 Å². The molecule has 0 aliphatic carbocycles. The lowest BCUT2D eigenvalue weighted by molar-refractivity contribution is -0.131. The van der Waals surface area contributed by atoms with E-state index in [9.17, 15) is 13.2 Å². The summed E-state index contributed by atoms with van der Waals surface area (Å²) >= 11 is 0. The molecule has 0 spiro atoms. The van der Waals surface area contributed by atoms with Crippen molar-refractivity contribution in [3.05, 3.63) is 65.7 Å². The summed E-state index contributed by atoms with van der Waals surface area (Å²) in [5.41, 5.74) is 1.85. The number of carbonyl (C=O) groups excluding carboxylic acids is 1. The number of nitrogens with zero attached hydrogens (tertiary/aromatic N) is 4. The number of sulfonamides is 1. The molecule has 1 saturated heterocycles. The van der Waals surface area contributed by atoms with Gasteiger partial charge < -0.3 is 9.64 Å². The van der Waals surface area contributed by atoms with Gasteiger partial charge in [0.2, 0.25) is 21.8 Å². The molecule has 0 bridgehead atoms. The molecule has 0 N–H and O–H groups in total. The maximum atomic E-state index is 13.3. The Kier molecular flexibility index (Phi) is 5.82. The molecule has 2 aromatic carbocycles. The smallest absolute Gasteiger partial charge is 0.243 e. The summed E-state index contributed by atoms with van der Waals surface area (Å²) < 4.78 is 32.8. The number of aromatic nitrogens is 1. The van der Waals surface area contributed by atoms with Crippen molar-refractivity contribution in [2.24, 2.45) is 0 Å². The monoisotopic (exact) mass is 450 g/mol. The Morgan fingerprint density at radius 1 is 1.22 bits per heavy atom. The van der Waals surface area contributed by atoms with Crippen LogP contribution in [0.3, 0.4) is 0 Å². The summed E-state index contributed by atoms with van der Waals surface area (Å²) in [6, 6.07) is 16.6. The van der Waals surface area contributed by atoms with Crippen LogP contribution < -0.4 is 4.74 Å². The lowest BCUT2D eigenvalue weighted by Crippen LogP contribution is -2.42. The molecule has 0 radical (unpaired) electrons. The quantitative estimate of drug-likeness (QED) is 0.572. The number of hydrogen-bond acceptors (Lipinski definition) is 6. The van der Waals surface area contributed by atoms with E-state index in [0.29, 0.717) is 36.5 Å². The number of benzene rings is 2. The highest BCUT2D eigenvalue weighted by Crippen LogP contribution is 2.27. The van der Waals surface area contributed by atoms with E-state index in [4.69, 9.17) is 10.00 Å². The molecule has 1 atom stereocenters. The van der Waals surface area contributed by atoms with E-state index < -0.39 is 16.1 Å². The number of likely N-dealkylation sites (tertiary alicyclic amines) is 1. The maximum absolute atomic E-state index is 13.3. The van der Waals surface area contributed by atoms with E-state index in [1.54, 1.807) is 41.3 Å². The minimum Gasteiger partial charge on any atom is -0.481 e. The standard InChI is InChI=1S/C23H22N4O4S/c1-26(21-10-11-27(23(21)28)15-17-5-3-4-16(12-17)14-24)32(29,30)19-8-6-18-7-9-22(31-2)25-20(18)13-19/h3-9,12-13,21H,10-11,15H2,1-2H3/t21-/m0/s1. The van der Waals surface area contributed by atoms with Crippen molar-refractivity contribution in [2.75, 3.05) is 20.7 Å². The normalized spacial score (nSPS) is 16.5. The van der Waals surface area contributed by atoms with Crippen LogP contribution in [-0.4, -0.2) is 55.3 Å². The van der Waals surface area contributed by atoms with Gasteiger partial charge in [-0.1, -0.05) is 18.2 Å². The van der Waals surface area contributed by atoms with Gasteiger partial charge in [-0.25, -0.2) is 13.4 Å². The van der Waals surface area contributed by atoms with Crippen molar-refractivity contribution in [3.63, 3.8) is 0 Å².